The van der Waals surface area contributed by atoms with Crippen molar-refractivity contribution in [2.45, 2.75) is 19.1 Å². The van der Waals surface area contributed by atoms with Crippen molar-refractivity contribution >= 4 is 21.4 Å². The lowest BCUT2D eigenvalue weighted by Crippen LogP contribution is -2.19. The summed E-state index contributed by atoms with van der Waals surface area (Å²) in [7, 11) is 0. The Bertz CT molecular complexity index is 1670. The second-order valence-corrected chi connectivity index (χ2v) is 10.1. The third-order valence-corrected chi connectivity index (χ3v) is 7.72. The molecule has 0 radical (unpaired) electrons. The molecule has 1 aliphatic rings. The minimum Gasteiger partial charge on any atom is -0.485 e. The van der Waals surface area contributed by atoms with E-state index >= 15 is 0 Å². The van der Waals surface area contributed by atoms with Crippen LogP contribution in [-0.4, -0.2) is 0 Å². The monoisotopic (exact) mass is 516 g/mol. The first kappa shape index (κ1) is 23.7. The van der Waals surface area contributed by atoms with Gasteiger partial charge in [0.15, 0.2) is 17.2 Å². The third kappa shape index (κ3) is 4.56. The van der Waals surface area contributed by atoms with E-state index in [9.17, 15) is 5.26 Å². The van der Waals surface area contributed by atoms with Crippen molar-refractivity contribution in [1.29, 1.82) is 5.26 Å². The van der Waals surface area contributed by atoms with Gasteiger partial charge in [-0.15, -0.1) is 11.3 Å². The Morgan fingerprint density at radius 2 is 1.42 bits per heavy atom. The number of allylic oxidation sites excluding steroid dienone is 1. The van der Waals surface area contributed by atoms with Gasteiger partial charge < -0.3 is 19.9 Å². The van der Waals surface area contributed by atoms with Gasteiger partial charge in [-0.3, -0.25) is 0 Å². The quantitative estimate of drug-likeness (QED) is 0.246. The lowest BCUT2D eigenvalue weighted by molar-refractivity contribution is 0.255. The molecule has 0 aliphatic carbocycles. The Balaban J connectivity index is 1.40. The molecule has 0 bridgehead atoms. The van der Waals surface area contributed by atoms with Crippen molar-refractivity contribution in [3.63, 3.8) is 0 Å². The summed E-state index contributed by atoms with van der Waals surface area (Å²) in [5, 5.41) is 11.0. The molecule has 4 aromatic carbocycles. The number of hydrogen-bond donors (Lipinski definition) is 1. The van der Waals surface area contributed by atoms with E-state index in [0.717, 1.165) is 31.7 Å². The minimum absolute atomic E-state index is 0.129. The Morgan fingerprint density at radius 3 is 2.11 bits per heavy atom. The molecule has 2 heterocycles. The standard InChI is InChI=1S/C32H24N2O3S/c33-18-25-29(31-30(37-32(25)34)24-13-7-8-14-28(24)38-31)23-15-16-26(35-19-21-9-3-1-4-10-21)27(17-23)36-20-22-11-5-2-6-12-22/h1-17,29H,19-20,34H2/t29-/m1/s1. The summed E-state index contributed by atoms with van der Waals surface area (Å²) < 4.78 is 19.6. The van der Waals surface area contributed by atoms with Gasteiger partial charge >= 0.3 is 0 Å². The van der Waals surface area contributed by atoms with E-state index in [1.54, 1.807) is 11.3 Å². The van der Waals surface area contributed by atoms with Gasteiger partial charge in [0, 0.05) is 10.1 Å². The zero-order chi connectivity index (χ0) is 25.9. The normalized spacial score (nSPS) is 14.4. The molecular weight excluding hydrogens is 492 g/mol. The molecule has 38 heavy (non-hydrogen) atoms. The van der Waals surface area contributed by atoms with Crippen molar-refractivity contribution in [2.75, 3.05) is 0 Å². The summed E-state index contributed by atoms with van der Waals surface area (Å²) in [6.07, 6.45) is 0. The van der Waals surface area contributed by atoms with E-state index in [-0.39, 0.29) is 11.8 Å². The van der Waals surface area contributed by atoms with Gasteiger partial charge in [-0.05, 0) is 41.0 Å². The first-order valence-corrected chi connectivity index (χ1v) is 13.1. The highest BCUT2D eigenvalue weighted by molar-refractivity contribution is 7.19. The lowest BCUT2D eigenvalue weighted by atomic mass is 9.88. The van der Waals surface area contributed by atoms with Crippen molar-refractivity contribution < 1.29 is 14.2 Å². The number of benzene rings is 4. The number of nitrogens with two attached hydrogens (primary N) is 1. The average molecular weight is 517 g/mol. The number of nitriles is 1. The topological polar surface area (TPSA) is 77.5 Å². The van der Waals surface area contributed by atoms with Crippen LogP contribution in [0.3, 0.4) is 0 Å². The van der Waals surface area contributed by atoms with Crippen molar-refractivity contribution in [3.8, 4) is 23.3 Å². The lowest BCUT2D eigenvalue weighted by Gasteiger charge is -2.24. The SMILES string of the molecule is N#CC1=C(N)Oc2c(sc3ccccc23)[C@@H]1c1ccc(OCc2ccccc2)c(OCc2ccccc2)c1. The van der Waals surface area contributed by atoms with Gasteiger partial charge in [-0.2, -0.15) is 5.26 Å². The Morgan fingerprint density at radius 1 is 0.789 bits per heavy atom. The molecule has 2 N–H and O–H groups in total. The van der Waals surface area contributed by atoms with Crippen molar-refractivity contribution in [3.05, 3.63) is 136 Å². The molecule has 1 aromatic heterocycles. The van der Waals surface area contributed by atoms with E-state index in [1.807, 2.05) is 97.1 Å². The number of fused-ring (bicyclic) bond motifs is 3. The maximum absolute atomic E-state index is 10.1. The summed E-state index contributed by atoms with van der Waals surface area (Å²) in [6.45, 7) is 0.799. The number of rotatable bonds is 7. The van der Waals surface area contributed by atoms with Crippen LogP contribution in [0.2, 0.25) is 0 Å². The van der Waals surface area contributed by atoms with Gasteiger partial charge in [0.2, 0.25) is 5.88 Å². The Kier molecular flexibility index (Phi) is 6.43. The molecular formula is C32H24N2O3S. The highest BCUT2D eigenvalue weighted by Crippen LogP contribution is 2.51. The van der Waals surface area contributed by atoms with Crippen LogP contribution in [0.4, 0.5) is 0 Å². The zero-order valence-electron chi connectivity index (χ0n) is 20.5. The molecule has 5 nitrogen and oxygen atoms in total. The van der Waals surface area contributed by atoms with Crippen molar-refractivity contribution in [2.24, 2.45) is 5.73 Å². The fourth-order valence-corrected chi connectivity index (χ4v) is 5.89. The number of ether oxygens (including phenoxy) is 3. The fourth-order valence-electron chi connectivity index (χ4n) is 4.62. The van der Waals surface area contributed by atoms with Crippen LogP contribution < -0.4 is 19.9 Å². The molecule has 0 fully saturated rings. The highest BCUT2D eigenvalue weighted by Gasteiger charge is 2.34. The molecule has 0 spiro atoms. The molecule has 186 valence electrons. The predicted molar refractivity (Wildman–Crippen MR) is 149 cm³/mol. The molecule has 0 amide bonds. The van der Waals surface area contributed by atoms with Gasteiger partial charge in [-0.25, -0.2) is 0 Å². The Hall–Kier alpha value is -4.73. The number of hydrogen-bond acceptors (Lipinski definition) is 6. The summed E-state index contributed by atoms with van der Waals surface area (Å²) in [5.74, 6) is 1.70. The van der Waals surface area contributed by atoms with Crippen LogP contribution in [0.5, 0.6) is 17.2 Å². The predicted octanol–water partition coefficient (Wildman–Crippen LogP) is 7.28. The molecule has 6 heteroatoms. The van der Waals surface area contributed by atoms with Gasteiger partial charge in [-0.1, -0.05) is 78.9 Å². The van der Waals surface area contributed by atoms with E-state index < -0.39 is 0 Å². The summed E-state index contributed by atoms with van der Waals surface area (Å²) in [5.41, 5.74) is 9.66. The van der Waals surface area contributed by atoms with E-state index in [1.165, 1.54) is 0 Å². The molecule has 5 aromatic rings. The van der Waals surface area contributed by atoms with Gasteiger partial charge in [0.1, 0.15) is 24.9 Å². The Labute approximate surface area is 224 Å². The van der Waals surface area contributed by atoms with Crippen molar-refractivity contribution in [1.82, 2.24) is 0 Å². The molecule has 0 saturated heterocycles. The largest absolute Gasteiger partial charge is 0.485 e. The van der Waals surface area contributed by atoms with Crippen LogP contribution >= 0.6 is 11.3 Å². The third-order valence-electron chi connectivity index (χ3n) is 6.50. The van der Waals surface area contributed by atoms with Crippen LogP contribution in [-0.2, 0) is 13.2 Å². The zero-order valence-corrected chi connectivity index (χ0v) is 21.3. The molecule has 0 saturated carbocycles. The van der Waals surface area contributed by atoms with Crippen LogP contribution in [0.15, 0.2) is 115 Å². The minimum atomic E-state index is -0.372. The maximum Gasteiger partial charge on any atom is 0.205 e. The number of nitrogens with zero attached hydrogens (tertiary/aromatic N) is 1. The highest BCUT2D eigenvalue weighted by atomic mass is 32.1. The van der Waals surface area contributed by atoms with Gasteiger partial charge in [0.25, 0.3) is 0 Å². The van der Waals surface area contributed by atoms with E-state index in [0.29, 0.717) is 36.0 Å². The smallest absolute Gasteiger partial charge is 0.205 e. The molecule has 1 aliphatic heterocycles. The second-order valence-electron chi connectivity index (χ2n) is 8.97. The van der Waals surface area contributed by atoms with Crippen LogP contribution in [0.1, 0.15) is 27.5 Å². The molecule has 0 unspecified atom stereocenters. The van der Waals surface area contributed by atoms with Crippen LogP contribution in [0, 0.1) is 11.3 Å². The molecule has 1 atom stereocenters. The van der Waals surface area contributed by atoms with Gasteiger partial charge in [0.05, 0.1) is 10.8 Å². The summed E-state index contributed by atoms with van der Waals surface area (Å²) in [4.78, 5) is 0.948. The first-order chi connectivity index (χ1) is 18.7. The summed E-state index contributed by atoms with van der Waals surface area (Å²) >= 11 is 1.61. The summed E-state index contributed by atoms with van der Waals surface area (Å²) in [6, 6.07) is 36.2. The fraction of sp³-hybridized carbons (Fsp3) is 0.0938. The number of thiophene rings is 1. The molecule has 6 rings (SSSR count). The second kappa shape index (κ2) is 10.3. The average Bonchev–Trinajstić information content (AvgIpc) is 3.33. The van der Waals surface area contributed by atoms with E-state index in [2.05, 4.69) is 12.1 Å². The van der Waals surface area contributed by atoms with Crippen LogP contribution in [0.25, 0.3) is 10.1 Å². The maximum atomic E-state index is 10.1. The first-order valence-electron chi connectivity index (χ1n) is 12.3. The van der Waals surface area contributed by atoms with E-state index in [4.69, 9.17) is 19.9 Å².